The van der Waals surface area contributed by atoms with Gasteiger partial charge in [-0.2, -0.15) is 0 Å². The second-order valence-corrected chi connectivity index (χ2v) is 4.57. The molecule has 2 N–H and O–H groups in total. The van der Waals surface area contributed by atoms with Crippen LogP contribution < -0.4 is 10.5 Å². The quantitative estimate of drug-likeness (QED) is 0.863. The van der Waals surface area contributed by atoms with Crippen molar-refractivity contribution in [2.75, 3.05) is 13.2 Å². The van der Waals surface area contributed by atoms with Crippen LogP contribution in [-0.2, 0) is 0 Å². The van der Waals surface area contributed by atoms with Crippen molar-refractivity contribution in [3.8, 4) is 17.1 Å². The molecule has 5 heteroatoms. The van der Waals surface area contributed by atoms with Gasteiger partial charge in [0.15, 0.2) is 11.6 Å². The second-order valence-electron chi connectivity index (χ2n) is 3.71. The summed E-state index contributed by atoms with van der Waals surface area (Å²) >= 11 is 3.48. The second kappa shape index (κ2) is 6.47. The number of halogens is 1. The summed E-state index contributed by atoms with van der Waals surface area (Å²) in [6.45, 7) is 1.21. The normalized spacial score (nSPS) is 10.3. The van der Waals surface area contributed by atoms with Gasteiger partial charge in [-0.05, 0) is 19.0 Å². The minimum Gasteiger partial charge on any atom is -0.490 e. The van der Waals surface area contributed by atoms with Crippen molar-refractivity contribution in [3.05, 3.63) is 41.1 Å². The van der Waals surface area contributed by atoms with Crippen LogP contribution in [0.4, 0.5) is 0 Å². The molecule has 0 radical (unpaired) electrons. The van der Waals surface area contributed by atoms with E-state index in [1.807, 2.05) is 24.3 Å². The van der Waals surface area contributed by atoms with Crippen LogP contribution in [0.25, 0.3) is 11.4 Å². The first kappa shape index (κ1) is 13.0. The topological polar surface area (TPSA) is 61.0 Å². The van der Waals surface area contributed by atoms with Crippen LogP contribution in [0.2, 0.25) is 0 Å². The molecule has 2 aromatic rings. The lowest BCUT2D eigenvalue weighted by Crippen LogP contribution is -2.06. The Morgan fingerprint density at radius 3 is 2.56 bits per heavy atom. The fraction of sp³-hybridized carbons (Fsp3) is 0.231. The molecule has 0 aliphatic heterocycles. The Bertz CT molecular complexity index is 502. The van der Waals surface area contributed by atoms with Crippen LogP contribution in [0.3, 0.4) is 0 Å². The highest BCUT2D eigenvalue weighted by molar-refractivity contribution is 9.10. The van der Waals surface area contributed by atoms with Crippen molar-refractivity contribution in [3.63, 3.8) is 0 Å². The summed E-state index contributed by atoms with van der Waals surface area (Å²) in [4.78, 5) is 8.58. The third-order valence-corrected chi connectivity index (χ3v) is 3.05. The average molecular weight is 308 g/mol. The van der Waals surface area contributed by atoms with Crippen LogP contribution in [0.15, 0.2) is 41.1 Å². The monoisotopic (exact) mass is 307 g/mol. The van der Waals surface area contributed by atoms with Gasteiger partial charge in [0, 0.05) is 10.0 Å². The molecule has 0 bridgehead atoms. The van der Waals surface area contributed by atoms with Gasteiger partial charge in [0.25, 0.3) is 0 Å². The van der Waals surface area contributed by atoms with Crippen LogP contribution >= 0.6 is 15.9 Å². The summed E-state index contributed by atoms with van der Waals surface area (Å²) in [7, 11) is 0. The number of ether oxygens (including phenoxy) is 1. The van der Waals surface area contributed by atoms with E-state index in [4.69, 9.17) is 10.5 Å². The van der Waals surface area contributed by atoms with E-state index in [0.717, 1.165) is 16.5 Å². The Morgan fingerprint density at radius 2 is 1.89 bits per heavy atom. The summed E-state index contributed by atoms with van der Waals surface area (Å²) in [5.74, 6) is 1.34. The van der Waals surface area contributed by atoms with Gasteiger partial charge in [-0.3, -0.25) is 0 Å². The third kappa shape index (κ3) is 3.27. The number of hydrogen-bond donors (Lipinski definition) is 1. The summed E-state index contributed by atoms with van der Waals surface area (Å²) in [5, 5.41) is 0. The van der Waals surface area contributed by atoms with Crippen molar-refractivity contribution >= 4 is 15.9 Å². The highest BCUT2D eigenvalue weighted by Gasteiger charge is 2.05. The Balaban J connectivity index is 2.10. The van der Waals surface area contributed by atoms with Gasteiger partial charge < -0.3 is 10.5 Å². The zero-order valence-electron chi connectivity index (χ0n) is 9.84. The molecule has 0 aliphatic carbocycles. The maximum absolute atomic E-state index is 5.45. The molecular formula is C13H14BrN3O. The van der Waals surface area contributed by atoms with Gasteiger partial charge in [-0.15, -0.1) is 0 Å². The SMILES string of the molecule is NCCCOc1cnc(-c2ccccc2Br)nc1. The Morgan fingerprint density at radius 1 is 1.17 bits per heavy atom. The minimum atomic E-state index is 0.592. The molecule has 1 heterocycles. The van der Waals surface area contributed by atoms with Gasteiger partial charge in [0.2, 0.25) is 0 Å². The maximum Gasteiger partial charge on any atom is 0.160 e. The van der Waals surface area contributed by atoms with Crippen LogP contribution in [0.5, 0.6) is 5.75 Å². The fourth-order valence-corrected chi connectivity index (χ4v) is 1.91. The summed E-state index contributed by atoms with van der Waals surface area (Å²) in [6.07, 6.45) is 4.18. The predicted molar refractivity (Wildman–Crippen MR) is 74.3 cm³/mol. The highest BCUT2D eigenvalue weighted by Crippen LogP contribution is 2.25. The van der Waals surface area contributed by atoms with Gasteiger partial charge >= 0.3 is 0 Å². The number of aromatic nitrogens is 2. The lowest BCUT2D eigenvalue weighted by Gasteiger charge is -2.06. The van der Waals surface area contributed by atoms with Crippen molar-refractivity contribution in [1.82, 2.24) is 9.97 Å². The molecule has 0 spiro atoms. The van der Waals surface area contributed by atoms with Crippen molar-refractivity contribution in [1.29, 1.82) is 0 Å². The van der Waals surface area contributed by atoms with Crippen LogP contribution in [-0.4, -0.2) is 23.1 Å². The summed E-state index contributed by atoms with van der Waals surface area (Å²) in [6, 6.07) is 7.84. The zero-order valence-corrected chi connectivity index (χ0v) is 11.4. The number of hydrogen-bond acceptors (Lipinski definition) is 4. The molecule has 1 aromatic heterocycles. The molecule has 4 nitrogen and oxygen atoms in total. The van der Waals surface area contributed by atoms with E-state index in [9.17, 15) is 0 Å². The Hall–Kier alpha value is -1.46. The van der Waals surface area contributed by atoms with E-state index in [1.54, 1.807) is 12.4 Å². The van der Waals surface area contributed by atoms with E-state index < -0.39 is 0 Å². The zero-order chi connectivity index (χ0) is 12.8. The maximum atomic E-state index is 5.45. The van der Waals surface area contributed by atoms with Gasteiger partial charge in [-0.25, -0.2) is 9.97 Å². The molecule has 0 amide bonds. The van der Waals surface area contributed by atoms with Gasteiger partial charge in [0.1, 0.15) is 0 Å². The molecule has 0 atom stereocenters. The highest BCUT2D eigenvalue weighted by atomic mass is 79.9. The van der Waals surface area contributed by atoms with E-state index >= 15 is 0 Å². The first-order chi connectivity index (χ1) is 8.81. The fourth-order valence-electron chi connectivity index (χ4n) is 1.45. The number of benzene rings is 1. The van der Waals surface area contributed by atoms with Gasteiger partial charge in [0.05, 0.1) is 19.0 Å². The smallest absolute Gasteiger partial charge is 0.160 e. The minimum absolute atomic E-state index is 0.592. The van der Waals surface area contributed by atoms with E-state index in [2.05, 4.69) is 25.9 Å². The van der Waals surface area contributed by atoms with Gasteiger partial charge in [-0.1, -0.05) is 34.1 Å². The predicted octanol–water partition coefficient (Wildman–Crippen LogP) is 2.63. The van der Waals surface area contributed by atoms with E-state index in [1.165, 1.54) is 0 Å². The first-order valence-electron chi connectivity index (χ1n) is 5.71. The standard InChI is InChI=1S/C13H14BrN3O/c14-12-5-2-1-4-11(12)13-16-8-10(9-17-13)18-7-3-6-15/h1-2,4-5,8-9H,3,6-7,15H2. The van der Waals surface area contributed by atoms with Crippen LogP contribution in [0, 0.1) is 0 Å². The molecule has 0 saturated heterocycles. The Kier molecular flexibility index (Phi) is 4.66. The lowest BCUT2D eigenvalue weighted by molar-refractivity contribution is 0.311. The van der Waals surface area contributed by atoms with E-state index in [-0.39, 0.29) is 0 Å². The molecular weight excluding hydrogens is 294 g/mol. The lowest BCUT2D eigenvalue weighted by atomic mass is 10.2. The number of nitrogens with zero attached hydrogens (tertiary/aromatic N) is 2. The molecule has 94 valence electrons. The molecule has 0 unspecified atom stereocenters. The third-order valence-electron chi connectivity index (χ3n) is 2.36. The van der Waals surface area contributed by atoms with Crippen molar-refractivity contribution in [2.45, 2.75) is 6.42 Å². The van der Waals surface area contributed by atoms with Crippen molar-refractivity contribution < 1.29 is 4.74 Å². The molecule has 0 saturated carbocycles. The number of nitrogens with two attached hydrogens (primary N) is 1. The van der Waals surface area contributed by atoms with Crippen molar-refractivity contribution in [2.24, 2.45) is 5.73 Å². The molecule has 1 aromatic carbocycles. The largest absolute Gasteiger partial charge is 0.490 e. The molecule has 0 aliphatic rings. The summed E-state index contributed by atoms with van der Waals surface area (Å²) in [5.41, 5.74) is 6.36. The van der Waals surface area contributed by atoms with Crippen LogP contribution in [0.1, 0.15) is 6.42 Å². The molecule has 0 fully saturated rings. The van der Waals surface area contributed by atoms with E-state index in [0.29, 0.717) is 24.7 Å². The Labute approximate surface area is 114 Å². The first-order valence-corrected chi connectivity index (χ1v) is 6.50. The average Bonchev–Trinajstić information content (AvgIpc) is 2.41. The summed E-state index contributed by atoms with van der Waals surface area (Å²) < 4.78 is 6.42. The molecule has 18 heavy (non-hydrogen) atoms. The molecule has 2 rings (SSSR count). The number of rotatable bonds is 5.